The third-order valence-electron chi connectivity index (χ3n) is 2.01. The Morgan fingerprint density at radius 1 is 1.45 bits per heavy atom. The summed E-state index contributed by atoms with van der Waals surface area (Å²) in [5, 5.41) is 11.8. The van der Waals surface area contributed by atoms with Gasteiger partial charge >= 0.3 is 0 Å². The predicted octanol–water partition coefficient (Wildman–Crippen LogP) is 0.754. The molecule has 0 radical (unpaired) electrons. The van der Waals surface area contributed by atoms with Crippen LogP contribution >= 0.6 is 0 Å². The largest absolute Gasteiger partial charge is 0.392 e. The number of hydrogen-bond donors (Lipinski definition) is 2. The molecule has 4 heteroatoms. The Hall–Kier alpha value is -0.220. The molecule has 0 bridgehead atoms. The van der Waals surface area contributed by atoms with Crippen LogP contribution in [0.2, 0.25) is 0 Å². The van der Waals surface area contributed by atoms with Gasteiger partial charge in [-0.2, -0.15) is 0 Å². The lowest BCUT2D eigenvalue weighted by atomic mass is 10.2. The van der Waals surface area contributed by atoms with Crippen LogP contribution in [0.5, 0.6) is 0 Å². The molecule has 11 heavy (non-hydrogen) atoms. The summed E-state index contributed by atoms with van der Waals surface area (Å²) in [6.45, 7) is -0.304. The number of rotatable bonds is 3. The van der Waals surface area contributed by atoms with Crippen molar-refractivity contribution in [2.75, 3.05) is 6.54 Å². The highest BCUT2D eigenvalue weighted by Gasteiger charge is 2.24. The topological polar surface area (TPSA) is 32.3 Å². The Kier molecular flexibility index (Phi) is 3.20. The number of aliphatic hydroxyl groups excluding tert-OH is 1. The van der Waals surface area contributed by atoms with Crippen LogP contribution in [0.3, 0.4) is 0 Å². The standard InChI is InChI=1S/C7H13F2NO/c8-7(9)4-10-5-2-1-3-6(5)11/h5-7,10-11H,1-4H2/t5-,6-/m1/s1. The molecule has 0 heterocycles. The summed E-state index contributed by atoms with van der Waals surface area (Å²) < 4.78 is 23.3. The number of aliphatic hydroxyl groups is 1. The van der Waals surface area contributed by atoms with E-state index in [0.29, 0.717) is 0 Å². The molecule has 0 unspecified atom stereocenters. The van der Waals surface area contributed by atoms with Crippen LogP contribution in [0.25, 0.3) is 0 Å². The second-order valence-corrected chi connectivity index (χ2v) is 2.90. The second kappa shape index (κ2) is 3.97. The molecule has 1 aliphatic rings. The van der Waals surface area contributed by atoms with E-state index in [2.05, 4.69) is 5.32 Å². The van der Waals surface area contributed by atoms with E-state index in [1.54, 1.807) is 0 Å². The molecule has 1 saturated carbocycles. The van der Waals surface area contributed by atoms with Crippen molar-refractivity contribution >= 4 is 0 Å². The summed E-state index contributed by atoms with van der Waals surface area (Å²) in [6, 6.07) is -0.107. The number of halogens is 2. The van der Waals surface area contributed by atoms with E-state index in [-0.39, 0.29) is 12.6 Å². The van der Waals surface area contributed by atoms with Crippen molar-refractivity contribution in [3.05, 3.63) is 0 Å². The fourth-order valence-corrected chi connectivity index (χ4v) is 1.42. The lowest BCUT2D eigenvalue weighted by molar-refractivity contribution is 0.113. The van der Waals surface area contributed by atoms with Crippen LogP contribution < -0.4 is 5.32 Å². The number of alkyl halides is 2. The molecule has 2 N–H and O–H groups in total. The summed E-state index contributed by atoms with van der Waals surface area (Å²) in [6.07, 6.45) is -0.256. The van der Waals surface area contributed by atoms with Gasteiger partial charge in [0, 0.05) is 6.04 Å². The lowest BCUT2D eigenvalue weighted by Crippen LogP contribution is -2.38. The fraction of sp³-hybridized carbons (Fsp3) is 1.00. The van der Waals surface area contributed by atoms with Crippen molar-refractivity contribution in [1.82, 2.24) is 5.32 Å². The third kappa shape index (κ3) is 2.71. The molecule has 1 fully saturated rings. The van der Waals surface area contributed by atoms with Crippen LogP contribution in [0.15, 0.2) is 0 Å². The van der Waals surface area contributed by atoms with E-state index in [4.69, 9.17) is 0 Å². The van der Waals surface area contributed by atoms with Crippen molar-refractivity contribution in [3.8, 4) is 0 Å². The average molecular weight is 165 g/mol. The van der Waals surface area contributed by atoms with Gasteiger partial charge in [-0.05, 0) is 19.3 Å². The van der Waals surface area contributed by atoms with Gasteiger partial charge in [0.1, 0.15) is 0 Å². The normalized spacial score (nSPS) is 31.6. The zero-order valence-electron chi connectivity index (χ0n) is 6.26. The summed E-state index contributed by atoms with van der Waals surface area (Å²) >= 11 is 0. The monoisotopic (exact) mass is 165 g/mol. The maximum absolute atomic E-state index is 11.7. The van der Waals surface area contributed by atoms with Gasteiger partial charge in [-0.3, -0.25) is 0 Å². The molecule has 2 atom stereocenters. The highest BCUT2D eigenvalue weighted by molar-refractivity contribution is 4.82. The minimum atomic E-state index is -2.32. The van der Waals surface area contributed by atoms with Crippen LogP contribution in [0.1, 0.15) is 19.3 Å². The summed E-state index contributed by atoms with van der Waals surface area (Å²) in [4.78, 5) is 0. The van der Waals surface area contributed by atoms with Crippen LogP contribution in [0, 0.1) is 0 Å². The van der Waals surface area contributed by atoms with Crippen molar-refractivity contribution in [1.29, 1.82) is 0 Å². The maximum atomic E-state index is 11.7. The van der Waals surface area contributed by atoms with Gasteiger partial charge in [-0.25, -0.2) is 8.78 Å². The molecular weight excluding hydrogens is 152 g/mol. The van der Waals surface area contributed by atoms with Gasteiger partial charge in [0.2, 0.25) is 0 Å². The predicted molar refractivity (Wildman–Crippen MR) is 37.7 cm³/mol. The molecule has 0 aromatic rings. The maximum Gasteiger partial charge on any atom is 0.250 e. The highest BCUT2D eigenvalue weighted by atomic mass is 19.3. The number of hydrogen-bond acceptors (Lipinski definition) is 2. The quantitative estimate of drug-likeness (QED) is 0.647. The van der Waals surface area contributed by atoms with Gasteiger partial charge in [-0.1, -0.05) is 0 Å². The summed E-state index contributed by atoms with van der Waals surface area (Å²) in [5.74, 6) is 0. The van der Waals surface area contributed by atoms with Gasteiger partial charge in [-0.15, -0.1) is 0 Å². The van der Waals surface area contributed by atoms with Crippen molar-refractivity contribution in [2.24, 2.45) is 0 Å². The van der Waals surface area contributed by atoms with Crippen LogP contribution in [-0.4, -0.2) is 30.2 Å². The molecule has 1 rings (SSSR count). The van der Waals surface area contributed by atoms with Crippen molar-refractivity contribution in [3.63, 3.8) is 0 Å². The molecule has 0 aromatic heterocycles. The summed E-state index contributed by atoms with van der Waals surface area (Å²) in [7, 11) is 0. The van der Waals surface area contributed by atoms with E-state index >= 15 is 0 Å². The minimum Gasteiger partial charge on any atom is -0.392 e. The molecule has 0 spiro atoms. The molecular formula is C7H13F2NO. The third-order valence-corrected chi connectivity index (χ3v) is 2.01. The Morgan fingerprint density at radius 3 is 2.64 bits per heavy atom. The number of nitrogens with one attached hydrogen (secondary N) is 1. The van der Waals surface area contributed by atoms with E-state index in [0.717, 1.165) is 19.3 Å². The van der Waals surface area contributed by atoms with Crippen LogP contribution in [-0.2, 0) is 0 Å². The second-order valence-electron chi connectivity index (χ2n) is 2.90. The SMILES string of the molecule is O[C@@H]1CCC[C@H]1NCC(F)F. The molecule has 0 amide bonds. The smallest absolute Gasteiger partial charge is 0.250 e. The first-order valence-corrected chi connectivity index (χ1v) is 3.89. The molecule has 0 saturated heterocycles. The molecule has 1 aliphatic carbocycles. The van der Waals surface area contributed by atoms with E-state index < -0.39 is 12.5 Å². The molecule has 0 aromatic carbocycles. The van der Waals surface area contributed by atoms with E-state index in [1.165, 1.54) is 0 Å². The van der Waals surface area contributed by atoms with E-state index in [1.807, 2.05) is 0 Å². The van der Waals surface area contributed by atoms with Crippen molar-refractivity contribution < 1.29 is 13.9 Å². The summed E-state index contributed by atoms with van der Waals surface area (Å²) in [5.41, 5.74) is 0. The Labute approximate surface area is 64.6 Å². The van der Waals surface area contributed by atoms with Crippen molar-refractivity contribution in [2.45, 2.75) is 37.8 Å². The first-order valence-electron chi connectivity index (χ1n) is 3.89. The zero-order valence-corrected chi connectivity index (χ0v) is 6.26. The molecule has 0 aliphatic heterocycles. The van der Waals surface area contributed by atoms with Crippen LogP contribution in [0.4, 0.5) is 8.78 Å². The first kappa shape index (κ1) is 8.87. The fourth-order valence-electron chi connectivity index (χ4n) is 1.42. The molecule has 66 valence electrons. The Bertz CT molecular complexity index is 121. The van der Waals surface area contributed by atoms with Gasteiger partial charge < -0.3 is 10.4 Å². The Morgan fingerprint density at radius 2 is 2.18 bits per heavy atom. The zero-order chi connectivity index (χ0) is 8.27. The van der Waals surface area contributed by atoms with Gasteiger partial charge in [0.25, 0.3) is 6.43 Å². The lowest BCUT2D eigenvalue weighted by Gasteiger charge is -2.15. The molecule has 2 nitrogen and oxygen atoms in total. The Balaban J connectivity index is 2.15. The van der Waals surface area contributed by atoms with Gasteiger partial charge in [0.05, 0.1) is 12.6 Å². The average Bonchev–Trinajstić information content (AvgIpc) is 2.31. The van der Waals surface area contributed by atoms with Gasteiger partial charge in [0.15, 0.2) is 0 Å². The minimum absolute atomic E-state index is 0.107. The van der Waals surface area contributed by atoms with E-state index in [9.17, 15) is 13.9 Å². The first-order chi connectivity index (χ1) is 5.20. The highest BCUT2D eigenvalue weighted by Crippen LogP contribution is 2.18.